The number of nitrogens with one attached hydrogen (secondary N) is 2. The summed E-state index contributed by atoms with van der Waals surface area (Å²) in [5.41, 5.74) is 1.37. The third kappa shape index (κ3) is 3.48. The lowest BCUT2D eigenvalue weighted by atomic mass is 10.1. The van der Waals surface area contributed by atoms with E-state index in [-0.39, 0.29) is 23.8 Å². The average Bonchev–Trinajstić information content (AvgIpc) is 3.10. The van der Waals surface area contributed by atoms with E-state index in [4.69, 9.17) is 11.6 Å². The predicted molar refractivity (Wildman–Crippen MR) is 108 cm³/mol. The third-order valence-electron chi connectivity index (χ3n) is 4.70. The van der Waals surface area contributed by atoms with Crippen molar-refractivity contribution in [1.29, 1.82) is 0 Å². The molecule has 0 bridgehead atoms. The van der Waals surface area contributed by atoms with Crippen molar-refractivity contribution in [3.63, 3.8) is 0 Å². The molecule has 0 atom stereocenters. The van der Waals surface area contributed by atoms with Crippen LogP contribution < -0.4 is 15.8 Å². The number of hydrogen-bond acceptors (Lipinski definition) is 4. The molecule has 28 heavy (non-hydrogen) atoms. The molecular weight excluding hydrogens is 380 g/mol. The number of aromatic nitrogens is 2. The maximum Gasteiger partial charge on any atom is 0.272 e. The van der Waals surface area contributed by atoms with Crippen LogP contribution in [0.25, 0.3) is 10.8 Å². The second kappa shape index (κ2) is 7.44. The molecule has 0 spiro atoms. The van der Waals surface area contributed by atoms with E-state index in [9.17, 15) is 14.4 Å². The molecule has 2 heterocycles. The zero-order valence-electron chi connectivity index (χ0n) is 14.9. The lowest BCUT2D eigenvalue weighted by molar-refractivity contribution is -0.117. The monoisotopic (exact) mass is 396 g/mol. The first-order valence-electron chi connectivity index (χ1n) is 8.89. The maximum atomic E-state index is 12.5. The second-order valence-electron chi connectivity index (χ2n) is 6.59. The van der Waals surface area contributed by atoms with Gasteiger partial charge in [0.1, 0.15) is 0 Å². The van der Waals surface area contributed by atoms with Gasteiger partial charge < -0.3 is 10.2 Å². The van der Waals surface area contributed by atoms with Crippen LogP contribution in [0.1, 0.15) is 18.5 Å². The predicted octanol–water partition coefficient (Wildman–Crippen LogP) is 2.88. The number of halogens is 1. The summed E-state index contributed by atoms with van der Waals surface area (Å²) < 4.78 is 0. The zero-order chi connectivity index (χ0) is 19.7. The van der Waals surface area contributed by atoms with Crippen LogP contribution in [0.3, 0.4) is 0 Å². The number of nitrogens with zero attached hydrogens (tertiary/aromatic N) is 2. The zero-order valence-corrected chi connectivity index (χ0v) is 15.6. The second-order valence-corrected chi connectivity index (χ2v) is 6.99. The Hall–Kier alpha value is -3.19. The molecule has 4 rings (SSSR count). The minimum Gasteiger partial charge on any atom is -0.326 e. The lowest BCUT2D eigenvalue weighted by Gasteiger charge is -2.18. The Kier molecular flexibility index (Phi) is 4.83. The smallest absolute Gasteiger partial charge is 0.272 e. The summed E-state index contributed by atoms with van der Waals surface area (Å²) in [6.45, 7) is 0.648. The van der Waals surface area contributed by atoms with Crippen molar-refractivity contribution in [2.24, 2.45) is 0 Å². The molecule has 2 aromatic carbocycles. The van der Waals surface area contributed by atoms with E-state index < -0.39 is 0 Å². The number of benzene rings is 2. The fourth-order valence-corrected chi connectivity index (χ4v) is 3.65. The molecule has 2 N–H and O–H groups in total. The number of carbonyl (C=O) groups excluding carboxylic acids is 2. The number of anilines is 2. The van der Waals surface area contributed by atoms with Gasteiger partial charge in [0.15, 0.2) is 0 Å². The van der Waals surface area contributed by atoms with Gasteiger partial charge in [0.2, 0.25) is 11.8 Å². The van der Waals surface area contributed by atoms with Crippen LogP contribution in [0, 0.1) is 0 Å². The first-order valence-corrected chi connectivity index (χ1v) is 9.27. The summed E-state index contributed by atoms with van der Waals surface area (Å²) >= 11 is 6.32. The summed E-state index contributed by atoms with van der Waals surface area (Å²) in [6.07, 6.45) is 1.34. The number of amides is 2. The molecule has 1 aliphatic heterocycles. The van der Waals surface area contributed by atoms with Crippen molar-refractivity contribution in [2.45, 2.75) is 19.3 Å². The van der Waals surface area contributed by atoms with Crippen LogP contribution in [0.2, 0.25) is 5.02 Å². The van der Waals surface area contributed by atoms with E-state index >= 15 is 0 Å². The summed E-state index contributed by atoms with van der Waals surface area (Å²) in [5.74, 6) is -0.236. The van der Waals surface area contributed by atoms with Crippen molar-refractivity contribution in [2.75, 3.05) is 16.8 Å². The highest BCUT2D eigenvalue weighted by Gasteiger charge is 2.23. The Labute approximate surface area is 165 Å². The first kappa shape index (κ1) is 18.2. The largest absolute Gasteiger partial charge is 0.326 e. The molecule has 142 valence electrons. The Bertz CT molecular complexity index is 1140. The summed E-state index contributed by atoms with van der Waals surface area (Å²) in [7, 11) is 0. The third-order valence-corrected chi connectivity index (χ3v) is 5.00. The average molecular weight is 397 g/mol. The number of fused-ring (bicyclic) bond motifs is 1. The molecule has 0 aliphatic carbocycles. The van der Waals surface area contributed by atoms with E-state index in [0.29, 0.717) is 45.8 Å². The van der Waals surface area contributed by atoms with Crippen LogP contribution in [-0.2, 0) is 16.0 Å². The van der Waals surface area contributed by atoms with Crippen molar-refractivity contribution in [3.05, 3.63) is 63.5 Å². The summed E-state index contributed by atoms with van der Waals surface area (Å²) in [5, 5.41) is 10.7. The van der Waals surface area contributed by atoms with Crippen LogP contribution in [0.15, 0.2) is 47.3 Å². The van der Waals surface area contributed by atoms with Gasteiger partial charge in [-0.2, -0.15) is 5.10 Å². The van der Waals surface area contributed by atoms with Gasteiger partial charge in [0, 0.05) is 24.0 Å². The Balaban J connectivity index is 1.52. The highest BCUT2D eigenvalue weighted by molar-refractivity contribution is 6.34. The number of hydrogen-bond donors (Lipinski definition) is 2. The van der Waals surface area contributed by atoms with Gasteiger partial charge in [-0.05, 0) is 30.7 Å². The Morgan fingerprint density at radius 1 is 1.18 bits per heavy atom. The fourth-order valence-electron chi connectivity index (χ4n) is 3.37. The van der Waals surface area contributed by atoms with E-state index in [1.54, 1.807) is 47.4 Å². The fraction of sp³-hybridized carbons (Fsp3) is 0.200. The molecule has 1 aromatic heterocycles. The Morgan fingerprint density at radius 2 is 1.96 bits per heavy atom. The molecular formula is C20H17ClN4O3. The molecule has 7 nitrogen and oxygen atoms in total. The molecule has 0 unspecified atom stereocenters. The molecule has 2 amide bonds. The van der Waals surface area contributed by atoms with Gasteiger partial charge in [0.05, 0.1) is 28.2 Å². The van der Waals surface area contributed by atoms with Crippen LogP contribution in [-0.4, -0.2) is 28.6 Å². The van der Waals surface area contributed by atoms with Gasteiger partial charge >= 0.3 is 0 Å². The molecule has 8 heteroatoms. The molecule has 0 saturated carbocycles. The number of H-pyrrole nitrogens is 1. The van der Waals surface area contributed by atoms with Crippen molar-refractivity contribution in [1.82, 2.24) is 10.2 Å². The molecule has 0 radical (unpaired) electrons. The molecule has 3 aromatic rings. The van der Waals surface area contributed by atoms with Gasteiger partial charge in [-0.3, -0.25) is 14.4 Å². The summed E-state index contributed by atoms with van der Waals surface area (Å²) in [4.78, 5) is 37.9. The molecule has 1 aliphatic rings. The van der Waals surface area contributed by atoms with Crippen LogP contribution in [0.5, 0.6) is 0 Å². The van der Waals surface area contributed by atoms with E-state index in [2.05, 4.69) is 15.5 Å². The number of rotatable bonds is 4. The van der Waals surface area contributed by atoms with Crippen LogP contribution in [0.4, 0.5) is 11.4 Å². The SMILES string of the molecule is O=C(Cc1n[nH]c(=O)c2ccccc12)Nc1ccc(N2CCCC2=O)c(Cl)c1. The van der Waals surface area contributed by atoms with E-state index in [0.717, 1.165) is 6.42 Å². The number of aromatic amines is 1. The van der Waals surface area contributed by atoms with Crippen LogP contribution >= 0.6 is 11.6 Å². The quantitative estimate of drug-likeness (QED) is 0.708. The lowest BCUT2D eigenvalue weighted by Crippen LogP contribution is -2.24. The standard InChI is InChI=1S/C20H17ClN4O3/c21-15-10-12(7-8-17(15)25-9-3-6-19(25)27)22-18(26)11-16-13-4-1-2-5-14(13)20(28)24-23-16/h1-2,4-5,7-8,10H,3,6,9,11H2,(H,22,26)(H,24,28). The first-order chi connectivity index (χ1) is 13.5. The topological polar surface area (TPSA) is 95.2 Å². The van der Waals surface area contributed by atoms with E-state index in [1.807, 2.05) is 0 Å². The molecule has 1 fully saturated rings. The van der Waals surface area contributed by atoms with Crippen molar-refractivity contribution < 1.29 is 9.59 Å². The van der Waals surface area contributed by atoms with E-state index in [1.165, 1.54) is 0 Å². The number of carbonyl (C=O) groups is 2. The van der Waals surface area contributed by atoms with Gasteiger partial charge in [-0.15, -0.1) is 0 Å². The minimum atomic E-state index is -0.293. The maximum absolute atomic E-state index is 12.5. The van der Waals surface area contributed by atoms with Gasteiger partial charge in [0.25, 0.3) is 5.56 Å². The van der Waals surface area contributed by atoms with Crippen molar-refractivity contribution in [3.8, 4) is 0 Å². The molecule has 1 saturated heterocycles. The minimum absolute atomic E-state index is 0.00126. The van der Waals surface area contributed by atoms with Gasteiger partial charge in [-0.25, -0.2) is 5.10 Å². The normalized spacial score (nSPS) is 13.9. The van der Waals surface area contributed by atoms with Gasteiger partial charge in [-0.1, -0.05) is 29.8 Å². The highest BCUT2D eigenvalue weighted by Crippen LogP contribution is 2.31. The van der Waals surface area contributed by atoms with Crippen molar-refractivity contribution >= 4 is 45.6 Å². The summed E-state index contributed by atoms with van der Waals surface area (Å²) in [6, 6.07) is 12.1. The Morgan fingerprint density at radius 3 is 2.68 bits per heavy atom. The highest BCUT2D eigenvalue weighted by atomic mass is 35.5.